The third kappa shape index (κ3) is 3.91. The van der Waals surface area contributed by atoms with Gasteiger partial charge in [0.1, 0.15) is 12.7 Å². The molecule has 1 fully saturated rings. The molecule has 0 aliphatic carbocycles. The Hall–Kier alpha value is -2.74. The van der Waals surface area contributed by atoms with E-state index in [9.17, 15) is 9.59 Å². The zero-order valence-electron chi connectivity index (χ0n) is 16.7. The Bertz CT molecular complexity index is 847. The van der Waals surface area contributed by atoms with Gasteiger partial charge in [-0.05, 0) is 33.3 Å². The minimum absolute atomic E-state index is 0.00859. The van der Waals surface area contributed by atoms with Gasteiger partial charge in [0.15, 0.2) is 11.6 Å². The number of hydrogen-bond acceptors (Lipinski definition) is 5. The molecule has 150 valence electrons. The predicted molar refractivity (Wildman–Crippen MR) is 103 cm³/mol. The number of aromatic nitrogens is 3. The Morgan fingerprint density at radius 3 is 2.46 bits per heavy atom. The Labute approximate surface area is 164 Å². The number of carbonyl (C=O) groups is 2. The van der Waals surface area contributed by atoms with Crippen LogP contribution in [0.4, 0.5) is 0 Å². The molecule has 1 aromatic heterocycles. The van der Waals surface area contributed by atoms with Crippen molar-refractivity contribution in [2.24, 2.45) is 5.73 Å². The van der Waals surface area contributed by atoms with Gasteiger partial charge in [-0.2, -0.15) is 5.10 Å². The van der Waals surface area contributed by atoms with Crippen molar-refractivity contribution in [2.45, 2.75) is 58.3 Å². The molecule has 8 heteroatoms. The number of ether oxygens (including phenoxy) is 1. The number of nitrogens with two attached hydrogens (primary N) is 1. The standard InChI is InChI=1S/C20H27N5O3/c1-12(2)24-17(27)11-28-19(18(24)14-8-6-5-7-9-14)20-22-16(10-15(21)26)23-25(20)13(3)4/h5-9,12-13,18-19H,10-11H2,1-4H3,(H2,21,26)/t18-,19+/m1/s1. The van der Waals surface area contributed by atoms with Gasteiger partial charge < -0.3 is 15.4 Å². The van der Waals surface area contributed by atoms with Gasteiger partial charge in [-0.3, -0.25) is 9.59 Å². The lowest BCUT2D eigenvalue weighted by Gasteiger charge is -2.43. The van der Waals surface area contributed by atoms with Crippen LogP contribution in [0.1, 0.15) is 63.1 Å². The van der Waals surface area contributed by atoms with Crippen molar-refractivity contribution in [3.05, 3.63) is 47.5 Å². The number of primary amides is 1. The topological polar surface area (TPSA) is 103 Å². The van der Waals surface area contributed by atoms with Gasteiger partial charge in [-0.15, -0.1) is 0 Å². The highest BCUT2D eigenvalue weighted by Crippen LogP contribution is 2.40. The van der Waals surface area contributed by atoms with E-state index in [1.807, 2.05) is 62.9 Å². The highest BCUT2D eigenvalue weighted by Gasteiger charge is 2.42. The number of hydrogen-bond donors (Lipinski definition) is 1. The van der Waals surface area contributed by atoms with Crippen LogP contribution in [0.2, 0.25) is 0 Å². The van der Waals surface area contributed by atoms with Crippen LogP contribution < -0.4 is 5.73 Å². The SMILES string of the molecule is CC(C)N1C(=O)CO[C@H](c2nc(CC(N)=O)nn2C(C)C)[C@H]1c1ccccc1. The minimum atomic E-state index is -0.501. The average molecular weight is 385 g/mol. The summed E-state index contributed by atoms with van der Waals surface area (Å²) in [4.78, 5) is 30.4. The summed E-state index contributed by atoms with van der Waals surface area (Å²) in [5, 5.41) is 4.46. The maximum atomic E-state index is 12.7. The molecule has 3 rings (SSSR count). The van der Waals surface area contributed by atoms with E-state index in [-0.39, 0.29) is 37.1 Å². The molecule has 0 bridgehead atoms. The molecule has 8 nitrogen and oxygen atoms in total. The van der Waals surface area contributed by atoms with Gasteiger partial charge in [0, 0.05) is 12.1 Å². The van der Waals surface area contributed by atoms with Crippen LogP contribution >= 0.6 is 0 Å². The molecule has 0 radical (unpaired) electrons. The fraction of sp³-hybridized carbons (Fsp3) is 0.500. The number of rotatable bonds is 6. The minimum Gasteiger partial charge on any atom is -0.369 e. The van der Waals surface area contributed by atoms with E-state index in [1.165, 1.54) is 0 Å². The number of nitrogens with zero attached hydrogens (tertiary/aromatic N) is 4. The number of carbonyl (C=O) groups excluding carboxylic acids is 2. The molecule has 0 unspecified atom stereocenters. The lowest BCUT2D eigenvalue weighted by atomic mass is 9.95. The highest BCUT2D eigenvalue weighted by molar-refractivity contribution is 5.79. The molecule has 2 heterocycles. The number of benzene rings is 1. The molecule has 0 saturated carbocycles. The lowest BCUT2D eigenvalue weighted by Crippen LogP contribution is -2.49. The summed E-state index contributed by atoms with van der Waals surface area (Å²) in [6.45, 7) is 7.92. The zero-order valence-corrected chi connectivity index (χ0v) is 16.7. The smallest absolute Gasteiger partial charge is 0.249 e. The summed E-state index contributed by atoms with van der Waals surface area (Å²) in [6.07, 6.45) is -0.540. The first kappa shape index (κ1) is 20.0. The van der Waals surface area contributed by atoms with Gasteiger partial charge in [-0.1, -0.05) is 30.3 Å². The third-order valence-electron chi connectivity index (χ3n) is 4.74. The summed E-state index contributed by atoms with van der Waals surface area (Å²) in [6, 6.07) is 9.44. The lowest BCUT2D eigenvalue weighted by molar-refractivity contribution is -0.163. The van der Waals surface area contributed by atoms with Gasteiger partial charge >= 0.3 is 0 Å². The predicted octanol–water partition coefficient (Wildman–Crippen LogP) is 1.94. The monoisotopic (exact) mass is 385 g/mol. The Kier molecular flexibility index (Phi) is 5.79. The van der Waals surface area contributed by atoms with Crippen molar-refractivity contribution < 1.29 is 14.3 Å². The fourth-order valence-corrected chi connectivity index (χ4v) is 3.62. The van der Waals surface area contributed by atoms with E-state index in [4.69, 9.17) is 10.5 Å². The number of morpholine rings is 1. The Morgan fingerprint density at radius 2 is 1.89 bits per heavy atom. The molecule has 1 aliphatic heterocycles. The first-order chi connectivity index (χ1) is 13.3. The second-order valence-electron chi connectivity index (χ2n) is 7.55. The summed E-state index contributed by atoms with van der Waals surface area (Å²) in [5.74, 6) is 0.404. The molecular weight excluding hydrogens is 358 g/mol. The molecule has 1 aliphatic rings. The quantitative estimate of drug-likeness (QED) is 0.818. The summed E-state index contributed by atoms with van der Waals surface area (Å²) >= 11 is 0. The van der Waals surface area contributed by atoms with E-state index in [1.54, 1.807) is 4.68 Å². The number of amides is 2. The van der Waals surface area contributed by atoms with Crippen LogP contribution in [0, 0.1) is 0 Å². The second-order valence-corrected chi connectivity index (χ2v) is 7.55. The molecular formula is C20H27N5O3. The van der Waals surface area contributed by atoms with Gasteiger partial charge in [0.2, 0.25) is 11.8 Å². The molecule has 2 aromatic rings. The van der Waals surface area contributed by atoms with Crippen LogP contribution in [0.5, 0.6) is 0 Å². The zero-order chi connectivity index (χ0) is 20.4. The highest BCUT2D eigenvalue weighted by atomic mass is 16.5. The van der Waals surface area contributed by atoms with Crippen molar-refractivity contribution in [2.75, 3.05) is 6.61 Å². The molecule has 2 amide bonds. The third-order valence-corrected chi connectivity index (χ3v) is 4.74. The first-order valence-corrected chi connectivity index (χ1v) is 9.51. The average Bonchev–Trinajstić information content (AvgIpc) is 3.05. The normalized spacial score (nSPS) is 20.2. The van der Waals surface area contributed by atoms with Crippen LogP contribution in [-0.4, -0.2) is 44.1 Å². The summed E-state index contributed by atoms with van der Waals surface area (Å²) in [5.41, 5.74) is 6.29. The van der Waals surface area contributed by atoms with Crippen molar-refractivity contribution in [1.82, 2.24) is 19.7 Å². The second kappa shape index (κ2) is 8.10. The largest absolute Gasteiger partial charge is 0.369 e. The fourth-order valence-electron chi connectivity index (χ4n) is 3.62. The first-order valence-electron chi connectivity index (χ1n) is 9.51. The summed E-state index contributed by atoms with van der Waals surface area (Å²) < 4.78 is 7.76. The molecule has 28 heavy (non-hydrogen) atoms. The van der Waals surface area contributed by atoms with Gasteiger partial charge in [0.25, 0.3) is 0 Å². The van der Waals surface area contributed by atoms with E-state index < -0.39 is 12.0 Å². The molecule has 1 saturated heterocycles. The van der Waals surface area contributed by atoms with Gasteiger partial charge in [0.05, 0.1) is 12.5 Å². The van der Waals surface area contributed by atoms with E-state index in [0.717, 1.165) is 5.56 Å². The Morgan fingerprint density at radius 1 is 1.21 bits per heavy atom. The maximum absolute atomic E-state index is 12.7. The van der Waals surface area contributed by atoms with Crippen LogP contribution in [-0.2, 0) is 20.7 Å². The van der Waals surface area contributed by atoms with Crippen molar-refractivity contribution in [1.29, 1.82) is 0 Å². The van der Waals surface area contributed by atoms with Crippen molar-refractivity contribution in [3.63, 3.8) is 0 Å². The van der Waals surface area contributed by atoms with E-state index >= 15 is 0 Å². The molecule has 2 N–H and O–H groups in total. The van der Waals surface area contributed by atoms with Gasteiger partial charge in [-0.25, -0.2) is 9.67 Å². The summed E-state index contributed by atoms with van der Waals surface area (Å²) in [7, 11) is 0. The molecule has 1 aromatic carbocycles. The Balaban J connectivity index is 2.11. The van der Waals surface area contributed by atoms with Crippen molar-refractivity contribution in [3.8, 4) is 0 Å². The molecule has 2 atom stereocenters. The van der Waals surface area contributed by atoms with E-state index in [0.29, 0.717) is 11.6 Å². The van der Waals surface area contributed by atoms with Crippen LogP contribution in [0.3, 0.4) is 0 Å². The van der Waals surface area contributed by atoms with Crippen molar-refractivity contribution >= 4 is 11.8 Å². The maximum Gasteiger partial charge on any atom is 0.249 e. The van der Waals surface area contributed by atoms with E-state index in [2.05, 4.69) is 10.1 Å². The molecule has 0 spiro atoms. The van der Waals surface area contributed by atoms with Crippen LogP contribution in [0.25, 0.3) is 0 Å². The van der Waals surface area contributed by atoms with Crippen LogP contribution in [0.15, 0.2) is 30.3 Å².